The summed E-state index contributed by atoms with van der Waals surface area (Å²) in [6.07, 6.45) is 1.50. The van der Waals surface area contributed by atoms with Gasteiger partial charge in [-0.25, -0.2) is 9.78 Å². The first-order valence-electron chi connectivity index (χ1n) is 4.46. The lowest BCUT2D eigenvalue weighted by Crippen LogP contribution is -2.03. The highest BCUT2D eigenvalue weighted by atomic mass is 32.1. The molecule has 7 heteroatoms. The maximum absolute atomic E-state index is 11.1. The van der Waals surface area contributed by atoms with Gasteiger partial charge in [0.15, 0.2) is 10.8 Å². The summed E-state index contributed by atoms with van der Waals surface area (Å²) >= 11 is 1.33. The molecule has 1 N–H and O–H groups in total. The first kappa shape index (κ1) is 10.6. The summed E-state index contributed by atoms with van der Waals surface area (Å²) in [6, 6.07) is 1.75. The molecule has 0 amide bonds. The molecule has 0 aliphatic carbocycles. The predicted molar refractivity (Wildman–Crippen MR) is 57.3 cm³/mol. The molecule has 2 heterocycles. The van der Waals surface area contributed by atoms with Gasteiger partial charge in [-0.05, 0) is 0 Å². The zero-order chi connectivity index (χ0) is 11.4. The number of anilines is 1. The Hall–Kier alpha value is -1.89. The molecule has 0 fully saturated rings. The number of nitrogens with one attached hydrogen (secondary N) is 1. The third kappa shape index (κ3) is 2.37. The molecule has 6 nitrogen and oxygen atoms in total. The Kier molecular flexibility index (Phi) is 3.16. The van der Waals surface area contributed by atoms with Gasteiger partial charge in [0.1, 0.15) is 12.0 Å². The maximum Gasteiger partial charge on any atom is 0.357 e. The predicted octanol–water partition coefficient (Wildman–Crippen LogP) is 1.53. The van der Waals surface area contributed by atoms with Crippen LogP contribution >= 0.6 is 11.3 Å². The molecular weight excluding hydrogens is 230 g/mol. The van der Waals surface area contributed by atoms with Crippen molar-refractivity contribution in [1.29, 1.82) is 0 Å². The lowest BCUT2D eigenvalue weighted by molar-refractivity contribution is 0.0595. The average molecular weight is 239 g/mol. The van der Waals surface area contributed by atoms with Gasteiger partial charge in [-0.2, -0.15) is 0 Å². The third-order valence-electron chi connectivity index (χ3n) is 1.81. The molecular formula is C9H9N3O3S. The summed E-state index contributed by atoms with van der Waals surface area (Å²) in [5.41, 5.74) is 1.07. The molecule has 0 atom stereocenters. The second-order valence-corrected chi connectivity index (χ2v) is 3.73. The van der Waals surface area contributed by atoms with E-state index < -0.39 is 5.97 Å². The molecule has 0 saturated carbocycles. The van der Waals surface area contributed by atoms with Crippen LogP contribution in [0.25, 0.3) is 0 Å². The first-order valence-corrected chi connectivity index (χ1v) is 5.34. The van der Waals surface area contributed by atoms with Crippen molar-refractivity contribution in [2.75, 3.05) is 12.4 Å². The van der Waals surface area contributed by atoms with Crippen LogP contribution in [-0.2, 0) is 11.3 Å². The molecule has 0 aromatic carbocycles. The van der Waals surface area contributed by atoms with Gasteiger partial charge in [-0.3, -0.25) is 0 Å². The molecule has 2 aromatic heterocycles. The number of hydrogen-bond donors (Lipinski definition) is 1. The van der Waals surface area contributed by atoms with Crippen LogP contribution in [0.1, 0.15) is 16.2 Å². The van der Waals surface area contributed by atoms with Gasteiger partial charge in [0.05, 0.1) is 13.7 Å². The molecule has 16 heavy (non-hydrogen) atoms. The fourth-order valence-corrected chi connectivity index (χ4v) is 1.73. The molecule has 0 saturated heterocycles. The summed E-state index contributed by atoms with van der Waals surface area (Å²) < 4.78 is 9.23. The lowest BCUT2D eigenvalue weighted by atomic mass is 10.4. The number of methoxy groups -OCH3 is 1. The Balaban J connectivity index is 1.95. The van der Waals surface area contributed by atoms with Crippen molar-refractivity contribution in [3.63, 3.8) is 0 Å². The van der Waals surface area contributed by atoms with Gasteiger partial charge in [0.2, 0.25) is 0 Å². The number of carbonyl (C=O) groups excluding carboxylic acids is 1. The van der Waals surface area contributed by atoms with Crippen molar-refractivity contribution in [1.82, 2.24) is 10.1 Å². The van der Waals surface area contributed by atoms with E-state index in [1.54, 1.807) is 11.4 Å². The van der Waals surface area contributed by atoms with E-state index in [4.69, 9.17) is 0 Å². The highest BCUT2D eigenvalue weighted by Gasteiger charge is 2.10. The minimum atomic E-state index is -0.439. The molecule has 0 bridgehead atoms. The van der Waals surface area contributed by atoms with Gasteiger partial charge in [0.25, 0.3) is 0 Å². The van der Waals surface area contributed by atoms with Crippen LogP contribution < -0.4 is 5.32 Å². The highest BCUT2D eigenvalue weighted by molar-refractivity contribution is 7.13. The molecule has 0 aliphatic heterocycles. The number of nitrogens with zero attached hydrogens (tertiary/aromatic N) is 2. The fourth-order valence-electron chi connectivity index (χ4n) is 1.05. The van der Waals surface area contributed by atoms with Gasteiger partial charge >= 0.3 is 5.97 Å². The van der Waals surface area contributed by atoms with Crippen LogP contribution in [0.4, 0.5) is 5.13 Å². The molecule has 0 aliphatic rings. The van der Waals surface area contributed by atoms with Crippen molar-refractivity contribution in [3.05, 3.63) is 29.1 Å². The molecule has 0 spiro atoms. The van der Waals surface area contributed by atoms with Crippen molar-refractivity contribution < 1.29 is 14.1 Å². The van der Waals surface area contributed by atoms with Crippen molar-refractivity contribution in [3.8, 4) is 0 Å². The van der Waals surface area contributed by atoms with E-state index in [0.717, 1.165) is 5.69 Å². The van der Waals surface area contributed by atoms with Crippen LogP contribution in [0.15, 0.2) is 22.2 Å². The van der Waals surface area contributed by atoms with E-state index in [1.807, 2.05) is 0 Å². The highest BCUT2D eigenvalue weighted by Crippen LogP contribution is 2.16. The normalized spacial score (nSPS) is 10.1. The van der Waals surface area contributed by atoms with E-state index in [2.05, 4.69) is 24.7 Å². The smallest absolute Gasteiger partial charge is 0.357 e. The SMILES string of the molecule is COC(=O)c1csc(NCc2ccon2)n1. The largest absolute Gasteiger partial charge is 0.464 e. The Morgan fingerprint density at radius 2 is 2.56 bits per heavy atom. The molecule has 0 unspecified atom stereocenters. The number of esters is 1. The second-order valence-electron chi connectivity index (χ2n) is 2.87. The van der Waals surface area contributed by atoms with E-state index in [-0.39, 0.29) is 0 Å². The summed E-state index contributed by atoms with van der Waals surface area (Å²) in [5.74, 6) is -0.439. The Morgan fingerprint density at radius 1 is 1.69 bits per heavy atom. The number of ether oxygens (including phenoxy) is 1. The number of aromatic nitrogens is 2. The van der Waals surface area contributed by atoms with E-state index >= 15 is 0 Å². The number of thiazole rings is 1. The number of hydrogen-bond acceptors (Lipinski definition) is 7. The fraction of sp³-hybridized carbons (Fsp3) is 0.222. The van der Waals surface area contributed by atoms with E-state index in [1.165, 1.54) is 24.7 Å². The van der Waals surface area contributed by atoms with Gasteiger partial charge in [-0.15, -0.1) is 11.3 Å². The van der Waals surface area contributed by atoms with Crippen LogP contribution in [0.5, 0.6) is 0 Å². The zero-order valence-corrected chi connectivity index (χ0v) is 9.28. The minimum Gasteiger partial charge on any atom is -0.464 e. The average Bonchev–Trinajstić information content (AvgIpc) is 2.96. The molecule has 84 valence electrons. The van der Waals surface area contributed by atoms with Crippen LogP contribution in [0, 0.1) is 0 Å². The van der Waals surface area contributed by atoms with Gasteiger partial charge < -0.3 is 14.6 Å². The second kappa shape index (κ2) is 4.75. The topological polar surface area (TPSA) is 77.2 Å². The molecule has 2 rings (SSSR count). The van der Waals surface area contributed by atoms with Crippen molar-refractivity contribution in [2.45, 2.75) is 6.54 Å². The van der Waals surface area contributed by atoms with Crippen molar-refractivity contribution >= 4 is 22.4 Å². The summed E-state index contributed by atoms with van der Waals surface area (Å²) in [6.45, 7) is 0.505. The van der Waals surface area contributed by atoms with Crippen LogP contribution in [-0.4, -0.2) is 23.2 Å². The Bertz CT molecular complexity index is 466. The maximum atomic E-state index is 11.1. The standard InChI is InChI=1S/C9H9N3O3S/c1-14-8(13)7-5-16-9(11-7)10-4-6-2-3-15-12-6/h2-3,5H,4H2,1H3,(H,10,11). The summed E-state index contributed by atoms with van der Waals surface area (Å²) in [5, 5.41) is 9.04. The van der Waals surface area contributed by atoms with Gasteiger partial charge in [0, 0.05) is 11.4 Å². The minimum absolute atomic E-state index is 0.301. The summed E-state index contributed by atoms with van der Waals surface area (Å²) in [7, 11) is 1.32. The van der Waals surface area contributed by atoms with Crippen molar-refractivity contribution in [2.24, 2.45) is 0 Å². The molecule has 0 radical (unpaired) electrons. The van der Waals surface area contributed by atoms with Gasteiger partial charge in [-0.1, -0.05) is 5.16 Å². The Morgan fingerprint density at radius 3 is 3.25 bits per heavy atom. The first-order chi connectivity index (χ1) is 7.79. The Labute approximate surface area is 95.2 Å². The molecule has 2 aromatic rings. The van der Waals surface area contributed by atoms with Crippen LogP contribution in [0.3, 0.4) is 0 Å². The quantitative estimate of drug-likeness (QED) is 0.815. The van der Waals surface area contributed by atoms with Crippen LogP contribution in [0.2, 0.25) is 0 Å². The van der Waals surface area contributed by atoms with E-state index in [0.29, 0.717) is 17.4 Å². The number of rotatable bonds is 4. The van der Waals surface area contributed by atoms with E-state index in [9.17, 15) is 4.79 Å². The number of carbonyl (C=O) groups is 1. The zero-order valence-electron chi connectivity index (χ0n) is 8.47. The monoisotopic (exact) mass is 239 g/mol. The summed E-state index contributed by atoms with van der Waals surface area (Å²) in [4.78, 5) is 15.2. The third-order valence-corrected chi connectivity index (χ3v) is 2.61. The lowest BCUT2D eigenvalue weighted by Gasteiger charge is -1.97.